The number of anilines is 1. The summed E-state index contributed by atoms with van der Waals surface area (Å²) in [7, 11) is 0. The molecule has 2 heterocycles. The number of pyridine rings is 1. The third-order valence-electron chi connectivity index (χ3n) is 3.36. The van der Waals surface area contributed by atoms with E-state index in [9.17, 15) is 10.4 Å². The van der Waals surface area contributed by atoms with Crippen molar-refractivity contribution in [1.29, 1.82) is 10.5 Å². The van der Waals surface area contributed by atoms with Crippen LogP contribution in [-0.4, -0.2) is 29.3 Å². The molecule has 0 unspecified atom stereocenters. The van der Waals surface area contributed by atoms with Gasteiger partial charge in [0.25, 0.3) is 0 Å². The Hall–Kier alpha value is -1.89. The quantitative estimate of drug-likeness (QED) is 0.800. The average molecular weight is 274 g/mol. The molecule has 1 aliphatic rings. The van der Waals surface area contributed by atoms with Crippen molar-refractivity contribution in [1.82, 2.24) is 4.98 Å². The van der Waals surface area contributed by atoms with Crippen molar-refractivity contribution < 1.29 is 5.11 Å². The van der Waals surface area contributed by atoms with Crippen LogP contribution in [0.15, 0.2) is 0 Å². The van der Waals surface area contributed by atoms with Gasteiger partial charge in [-0.2, -0.15) is 10.5 Å². The van der Waals surface area contributed by atoms with Gasteiger partial charge in [-0.05, 0) is 18.4 Å². The lowest BCUT2D eigenvalue weighted by molar-refractivity contribution is 0.198. The van der Waals surface area contributed by atoms with Gasteiger partial charge in [0.2, 0.25) is 0 Å². The number of aliphatic hydroxyl groups excluding tert-OH is 1. The summed E-state index contributed by atoms with van der Waals surface area (Å²) in [4.78, 5) is 4.88. The fourth-order valence-electron chi connectivity index (χ4n) is 2.41. The number of hydrogen-bond donors (Lipinski definition) is 2. The molecule has 6 heteroatoms. The van der Waals surface area contributed by atoms with E-state index in [1.807, 2.05) is 11.8 Å². The lowest BCUT2D eigenvalue weighted by atomic mass is 10.0. The minimum absolute atomic E-state index is 0.356. The van der Waals surface area contributed by atoms with Crippen molar-refractivity contribution in [2.24, 2.45) is 0 Å². The Morgan fingerprint density at radius 3 is 2.58 bits per heavy atom. The van der Waals surface area contributed by atoms with Gasteiger partial charge in [-0.3, -0.25) is 0 Å². The van der Waals surface area contributed by atoms with Crippen LogP contribution in [0.25, 0.3) is 0 Å². The highest BCUT2D eigenvalue weighted by molar-refractivity contribution is 7.71. The van der Waals surface area contributed by atoms with E-state index < -0.39 is 0 Å². The lowest BCUT2D eigenvalue weighted by Crippen LogP contribution is -2.24. The van der Waals surface area contributed by atoms with Gasteiger partial charge in [0.15, 0.2) is 0 Å². The third-order valence-corrected chi connectivity index (χ3v) is 3.66. The standard InChI is InChI=1S/C13H14N4OS/c1-2-9-10(5-14)12(16-13(19)11(9)6-15)17-4-3-8(18)7-17/h8,18H,2-4,7H2,1H3,(H,16,19)/t8-/m0/s1. The van der Waals surface area contributed by atoms with Crippen molar-refractivity contribution in [2.45, 2.75) is 25.9 Å². The first-order chi connectivity index (χ1) is 9.12. The van der Waals surface area contributed by atoms with Crippen molar-refractivity contribution in [3.05, 3.63) is 21.3 Å². The van der Waals surface area contributed by atoms with Crippen LogP contribution in [0.2, 0.25) is 0 Å². The Morgan fingerprint density at radius 2 is 2.11 bits per heavy atom. The number of aliphatic hydroxyl groups is 1. The van der Waals surface area contributed by atoms with Crippen molar-refractivity contribution in [3.8, 4) is 12.1 Å². The maximum atomic E-state index is 9.60. The molecular weight excluding hydrogens is 260 g/mol. The number of rotatable bonds is 2. The maximum absolute atomic E-state index is 9.60. The molecule has 2 N–H and O–H groups in total. The smallest absolute Gasteiger partial charge is 0.125 e. The van der Waals surface area contributed by atoms with E-state index in [1.165, 1.54) is 0 Å². The highest BCUT2D eigenvalue weighted by Crippen LogP contribution is 2.27. The van der Waals surface area contributed by atoms with Gasteiger partial charge in [0, 0.05) is 13.1 Å². The minimum atomic E-state index is -0.380. The molecule has 0 bridgehead atoms. The van der Waals surface area contributed by atoms with Crippen LogP contribution in [0.5, 0.6) is 0 Å². The number of nitrogens with zero attached hydrogens (tertiary/aromatic N) is 3. The lowest BCUT2D eigenvalue weighted by Gasteiger charge is -2.21. The summed E-state index contributed by atoms with van der Waals surface area (Å²) in [5, 5.41) is 28.1. The van der Waals surface area contributed by atoms with E-state index >= 15 is 0 Å². The summed E-state index contributed by atoms with van der Waals surface area (Å²) in [6.45, 7) is 3.06. The number of aromatic nitrogens is 1. The largest absolute Gasteiger partial charge is 0.391 e. The first-order valence-corrected chi connectivity index (χ1v) is 6.55. The molecular formula is C13H14N4OS. The molecule has 1 fully saturated rings. The second-order valence-electron chi connectivity index (χ2n) is 4.50. The Labute approximate surface area is 116 Å². The van der Waals surface area contributed by atoms with Crippen LogP contribution >= 0.6 is 12.2 Å². The van der Waals surface area contributed by atoms with Crippen molar-refractivity contribution >= 4 is 18.0 Å². The van der Waals surface area contributed by atoms with E-state index in [0.717, 1.165) is 0 Å². The SMILES string of the molecule is CCc1c(C#N)c(N2CC[C@H](O)C2)[nH]c(=S)c1C#N. The molecule has 2 rings (SSSR count). The molecule has 98 valence electrons. The summed E-state index contributed by atoms with van der Waals surface area (Å²) >= 11 is 5.19. The van der Waals surface area contributed by atoms with Gasteiger partial charge < -0.3 is 15.0 Å². The zero-order chi connectivity index (χ0) is 14.0. The molecule has 1 aromatic rings. The predicted octanol–water partition coefficient (Wildman–Crippen LogP) is 1.62. The summed E-state index contributed by atoms with van der Waals surface area (Å²) < 4.78 is 0.356. The molecule has 0 aromatic carbocycles. The fourth-order valence-corrected chi connectivity index (χ4v) is 2.68. The summed E-state index contributed by atoms with van der Waals surface area (Å²) in [6, 6.07) is 4.22. The molecule has 19 heavy (non-hydrogen) atoms. The predicted molar refractivity (Wildman–Crippen MR) is 73.3 cm³/mol. The van der Waals surface area contributed by atoms with Gasteiger partial charge >= 0.3 is 0 Å². The monoisotopic (exact) mass is 274 g/mol. The van der Waals surface area contributed by atoms with Crippen LogP contribution in [0.4, 0.5) is 5.82 Å². The van der Waals surface area contributed by atoms with Gasteiger partial charge in [0.1, 0.15) is 22.6 Å². The molecule has 1 aliphatic heterocycles. The minimum Gasteiger partial charge on any atom is -0.391 e. The topological polar surface area (TPSA) is 86.8 Å². The van der Waals surface area contributed by atoms with E-state index in [-0.39, 0.29) is 6.10 Å². The zero-order valence-corrected chi connectivity index (χ0v) is 11.4. The van der Waals surface area contributed by atoms with Gasteiger partial charge in [-0.1, -0.05) is 19.1 Å². The Bertz CT molecular complexity index is 638. The van der Waals surface area contributed by atoms with Crippen LogP contribution in [0.1, 0.15) is 30.0 Å². The van der Waals surface area contributed by atoms with E-state index in [2.05, 4.69) is 17.1 Å². The van der Waals surface area contributed by atoms with E-state index in [1.54, 1.807) is 0 Å². The number of nitriles is 2. The zero-order valence-electron chi connectivity index (χ0n) is 10.6. The molecule has 0 saturated carbocycles. The normalized spacial score (nSPS) is 18.1. The number of β-amino-alcohol motifs (C(OH)–C–C–N with tert-alkyl or cyclic N) is 1. The van der Waals surface area contributed by atoms with E-state index in [0.29, 0.717) is 53.1 Å². The number of H-pyrrole nitrogens is 1. The molecule has 1 atom stereocenters. The van der Waals surface area contributed by atoms with Crippen LogP contribution in [0, 0.1) is 27.3 Å². The average Bonchev–Trinajstić information content (AvgIpc) is 2.83. The summed E-state index contributed by atoms with van der Waals surface area (Å²) in [5.41, 5.74) is 1.52. The van der Waals surface area contributed by atoms with Gasteiger partial charge in [0.05, 0.1) is 17.2 Å². The molecule has 0 aliphatic carbocycles. The van der Waals surface area contributed by atoms with Gasteiger partial charge in [-0.25, -0.2) is 0 Å². The van der Waals surface area contributed by atoms with Crippen molar-refractivity contribution in [3.63, 3.8) is 0 Å². The second kappa shape index (κ2) is 5.40. The Balaban J connectivity index is 2.63. The molecule has 0 radical (unpaired) electrons. The number of hydrogen-bond acceptors (Lipinski definition) is 5. The Kier molecular flexibility index (Phi) is 3.84. The maximum Gasteiger partial charge on any atom is 0.125 e. The number of aromatic amines is 1. The molecule has 0 amide bonds. The highest BCUT2D eigenvalue weighted by Gasteiger charge is 2.25. The highest BCUT2D eigenvalue weighted by atomic mass is 32.1. The summed E-state index contributed by atoms with van der Waals surface area (Å²) in [5.74, 6) is 0.625. The first-order valence-electron chi connectivity index (χ1n) is 6.14. The molecule has 0 spiro atoms. The molecule has 5 nitrogen and oxygen atoms in total. The third kappa shape index (κ3) is 2.33. The van der Waals surface area contributed by atoms with Crippen LogP contribution < -0.4 is 4.90 Å². The fraction of sp³-hybridized carbons (Fsp3) is 0.462. The van der Waals surface area contributed by atoms with Crippen LogP contribution in [-0.2, 0) is 6.42 Å². The van der Waals surface area contributed by atoms with Crippen LogP contribution in [0.3, 0.4) is 0 Å². The Morgan fingerprint density at radius 1 is 1.42 bits per heavy atom. The first kappa shape index (κ1) is 13.5. The molecule has 1 aromatic heterocycles. The summed E-state index contributed by atoms with van der Waals surface area (Å²) in [6.07, 6.45) is 0.870. The van der Waals surface area contributed by atoms with Crippen molar-refractivity contribution in [2.75, 3.05) is 18.0 Å². The number of nitrogens with one attached hydrogen (secondary N) is 1. The van der Waals surface area contributed by atoms with E-state index in [4.69, 9.17) is 17.5 Å². The second-order valence-corrected chi connectivity index (χ2v) is 4.91. The van der Waals surface area contributed by atoms with Gasteiger partial charge in [-0.15, -0.1) is 0 Å². The molecule has 1 saturated heterocycles.